The fourth-order valence-electron chi connectivity index (χ4n) is 1.42. The van der Waals surface area contributed by atoms with Crippen LogP contribution in [0.2, 0.25) is 9.02 Å². The molecule has 0 nitrogen and oxygen atoms in total. The topological polar surface area (TPSA) is 0 Å². The van der Waals surface area contributed by atoms with Crippen LogP contribution in [0.4, 0.5) is 0 Å². The second kappa shape index (κ2) is 5.41. The average molecular weight is 180 g/mol. The summed E-state index contributed by atoms with van der Waals surface area (Å²) in [6.07, 6.45) is 2.87. The molecule has 0 aromatic heterocycles. The summed E-state index contributed by atoms with van der Waals surface area (Å²) in [6, 6.07) is 0. The van der Waals surface area contributed by atoms with Crippen molar-refractivity contribution in [3.8, 4) is 0 Å². The fraction of sp³-hybridized carbons (Fsp3) is 1.00. The molecule has 0 aromatic rings. The molecule has 0 aliphatic rings. The molecule has 0 fully saturated rings. The molecular weight excluding hydrogens is 161 g/mol. The van der Waals surface area contributed by atoms with Crippen LogP contribution in [0, 0.1) is 0 Å². The van der Waals surface area contributed by atoms with Gasteiger partial charge >= 0.3 is 66.7 Å². The van der Waals surface area contributed by atoms with Gasteiger partial charge < -0.3 is 0 Å². The summed E-state index contributed by atoms with van der Waals surface area (Å²) in [5, 5.41) is 0. The molecule has 0 spiro atoms. The van der Waals surface area contributed by atoms with Gasteiger partial charge in [0.05, 0.1) is 0 Å². The molecule has 0 saturated heterocycles. The Labute approximate surface area is 67.0 Å². The zero-order chi connectivity index (χ0) is 7.28. The van der Waals surface area contributed by atoms with Crippen LogP contribution in [-0.4, -0.2) is 0 Å². The van der Waals surface area contributed by atoms with Crippen molar-refractivity contribution in [2.45, 2.75) is 49.6 Å². The molecule has 0 amide bonds. The van der Waals surface area contributed by atoms with Gasteiger partial charge in [-0.1, -0.05) is 0 Å². The van der Waals surface area contributed by atoms with Gasteiger partial charge in [0.25, 0.3) is 0 Å². The fourth-order valence-corrected chi connectivity index (χ4v) is 6.14. The first kappa shape index (κ1) is 9.62. The van der Waals surface area contributed by atoms with Crippen molar-refractivity contribution in [3.05, 3.63) is 0 Å². The Morgan fingerprint density at radius 1 is 1.22 bits per heavy atom. The van der Waals surface area contributed by atoms with Crippen molar-refractivity contribution in [1.29, 1.82) is 0 Å². The van der Waals surface area contributed by atoms with E-state index in [-0.39, 0.29) is 17.1 Å². The van der Waals surface area contributed by atoms with Gasteiger partial charge in [0.2, 0.25) is 0 Å². The Balaban J connectivity index is 3.15. The average Bonchev–Trinajstić information content (AvgIpc) is 1.63. The normalized spacial score (nSPS) is 13.4. The van der Waals surface area contributed by atoms with Crippen molar-refractivity contribution >= 4 is 0 Å². The summed E-state index contributed by atoms with van der Waals surface area (Å²) in [4.78, 5) is 0. The minimum atomic E-state index is -0.139. The predicted octanol–water partition coefficient (Wildman–Crippen LogP) is 3.51. The van der Waals surface area contributed by atoms with Crippen LogP contribution in [0.25, 0.3) is 0 Å². The van der Waals surface area contributed by atoms with Crippen molar-refractivity contribution in [2.75, 3.05) is 0 Å². The van der Waals surface area contributed by atoms with E-state index in [4.69, 9.17) is 0 Å². The third kappa shape index (κ3) is 6.51. The molecule has 0 heterocycles. The van der Waals surface area contributed by atoms with Crippen LogP contribution in [-0.2, 0) is 17.1 Å². The van der Waals surface area contributed by atoms with E-state index < -0.39 is 0 Å². The Kier molecular flexibility index (Phi) is 5.79. The van der Waals surface area contributed by atoms with Crippen molar-refractivity contribution in [2.24, 2.45) is 0 Å². The maximum atomic E-state index is 2.43. The van der Waals surface area contributed by atoms with Gasteiger partial charge in [0.1, 0.15) is 0 Å². The third-order valence-corrected chi connectivity index (χ3v) is 6.18. The molecule has 0 saturated carbocycles. The standard InChI is InChI=1S/C5H11.C3H7.Zn/c1-3-5-4-2;1-3-2;/h3H,4-5H2,1-2H3;3H,1-2H3;. The molecule has 1 heteroatoms. The monoisotopic (exact) mass is 178 g/mol. The van der Waals surface area contributed by atoms with Gasteiger partial charge in [-0.15, -0.1) is 0 Å². The second-order valence-electron chi connectivity index (χ2n) is 3.52. The maximum absolute atomic E-state index is 2.43. The molecule has 1 unspecified atom stereocenters. The minimum absolute atomic E-state index is 0.139. The summed E-state index contributed by atoms with van der Waals surface area (Å²) in [5.74, 6) is 0. The number of hydrogen-bond donors (Lipinski definition) is 0. The SMILES string of the molecule is CCC[CH](C)[Zn][CH](C)C. The summed E-state index contributed by atoms with van der Waals surface area (Å²) in [7, 11) is 0. The van der Waals surface area contributed by atoms with Crippen LogP contribution in [0.5, 0.6) is 0 Å². The van der Waals surface area contributed by atoms with Crippen LogP contribution >= 0.6 is 0 Å². The molecule has 0 aromatic carbocycles. The molecule has 1 atom stereocenters. The number of hydrogen-bond acceptors (Lipinski definition) is 0. The van der Waals surface area contributed by atoms with E-state index in [9.17, 15) is 0 Å². The zero-order valence-electron chi connectivity index (χ0n) is 7.28. The molecule has 0 radical (unpaired) electrons. The number of rotatable bonds is 4. The molecule has 9 heavy (non-hydrogen) atoms. The van der Waals surface area contributed by atoms with E-state index in [0.717, 1.165) is 9.02 Å². The van der Waals surface area contributed by atoms with E-state index in [1.54, 1.807) is 0 Å². The van der Waals surface area contributed by atoms with Gasteiger partial charge in [-0.2, -0.15) is 0 Å². The third-order valence-electron chi connectivity index (χ3n) is 1.66. The van der Waals surface area contributed by atoms with Crippen LogP contribution in [0.3, 0.4) is 0 Å². The first-order valence-corrected chi connectivity index (χ1v) is 7.59. The van der Waals surface area contributed by atoms with Crippen molar-refractivity contribution in [1.82, 2.24) is 0 Å². The molecule has 0 aliphatic heterocycles. The molecular formula is C8H18Zn. The van der Waals surface area contributed by atoms with Gasteiger partial charge in [0, 0.05) is 0 Å². The molecule has 0 aliphatic carbocycles. The van der Waals surface area contributed by atoms with E-state index in [0.29, 0.717) is 0 Å². The summed E-state index contributed by atoms with van der Waals surface area (Å²) >= 11 is -0.139. The van der Waals surface area contributed by atoms with Crippen LogP contribution < -0.4 is 0 Å². The molecule has 0 N–H and O–H groups in total. The van der Waals surface area contributed by atoms with Crippen molar-refractivity contribution in [3.63, 3.8) is 0 Å². The summed E-state index contributed by atoms with van der Waals surface area (Å²) in [6.45, 7) is 9.49. The van der Waals surface area contributed by atoms with E-state index in [1.165, 1.54) is 12.8 Å². The Morgan fingerprint density at radius 2 is 1.78 bits per heavy atom. The zero-order valence-corrected chi connectivity index (χ0v) is 10.2. The first-order valence-electron chi connectivity index (χ1n) is 4.16. The van der Waals surface area contributed by atoms with Gasteiger partial charge in [-0.3, -0.25) is 0 Å². The van der Waals surface area contributed by atoms with Gasteiger partial charge in [-0.25, -0.2) is 0 Å². The Hall–Kier alpha value is 0.623. The van der Waals surface area contributed by atoms with E-state index in [2.05, 4.69) is 27.7 Å². The second-order valence-corrected chi connectivity index (χ2v) is 10.9. The van der Waals surface area contributed by atoms with Crippen LogP contribution in [0.15, 0.2) is 0 Å². The quantitative estimate of drug-likeness (QED) is 0.580. The Bertz CT molecular complexity index is 59.6. The van der Waals surface area contributed by atoms with Gasteiger partial charge in [-0.05, 0) is 0 Å². The summed E-state index contributed by atoms with van der Waals surface area (Å²) in [5.41, 5.74) is 0. The van der Waals surface area contributed by atoms with Crippen molar-refractivity contribution < 1.29 is 17.1 Å². The predicted molar refractivity (Wildman–Crippen MR) is 39.4 cm³/mol. The van der Waals surface area contributed by atoms with E-state index in [1.807, 2.05) is 0 Å². The summed E-state index contributed by atoms with van der Waals surface area (Å²) < 4.78 is 2.20. The first-order chi connectivity index (χ1) is 4.16. The van der Waals surface area contributed by atoms with Crippen LogP contribution in [0.1, 0.15) is 40.5 Å². The molecule has 52 valence electrons. The molecule has 0 rings (SSSR count). The Morgan fingerprint density at radius 3 is 2.11 bits per heavy atom. The van der Waals surface area contributed by atoms with Gasteiger partial charge in [0.15, 0.2) is 0 Å². The molecule has 0 bridgehead atoms. The van der Waals surface area contributed by atoms with E-state index >= 15 is 0 Å².